The molecular weight excluding hydrogens is 196 g/mol. The molecule has 3 heterocycles. The van der Waals surface area contributed by atoms with Crippen molar-refractivity contribution < 1.29 is 5.11 Å². The zero-order valence-electron chi connectivity index (χ0n) is 8.20. The Kier molecular flexibility index (Phi) is 1.49. The molecule has 3 rings (SSSR count). The fraction of sp³-hybridized carbons (Fsp3) is 0.750. The fourth-order valence-electron chi connectivity index (χ4n) is 2.76. The van der Waals surface area contributed by atoms with Crippen LogP contribution in [0.25, 0.3) is 0 Å². The molecule has 15 heavy (non-hydrogen) atoms. The van der Waals surface area contributed by atoms with Gasteiger partial charge < -0.3 is 26.4 Å². The summed E-state index contributed by atoms with van der Waals surface area (Å²) in [5, 5.41) is 23.8. The van der Waals surface area contributed by atoms with Crippen molar-refractivity contribution in [1.82, 2.24) is 15.5 Å². The summed E-state index contributed by atoms with van der Waals surface area (Å²) in [6.45, 7) is 1.19. The Balaban J connectivity index is 2.05. The maximum atomic E-state index is 10.1. The van der Waals surface area contributed by atoms with E-state index in [2.05, 4.69) is 15.6 Å². The molecule has 0 aromatic carbocycles. The van der Waals surface area contributed by atoms with Gasteiger partial charge in [-0.15, -0.1) is 0 Å². The number of guanidine groups is 2. The van der Waals surface area contributed by atoms with E-state index < -0.39 is 11.8 Å². The van der Waals surface area contributed by atoms with Gasteiger partial charge in [-0.2, -0.15) is 0 Å². The largest absolute Gasteiger partial charge is 0.389 e. The molecule has 82 valence electrons. The zero-order chi connectivity index (χ0) is 10.6. The van der Waals surface area contributed by atoms with Crippen molar-refractivity contribution >= 4 is 11.9 Å². The molecule has 3 atom stereocenters. The second-order valence-corrected chi connectivity index (χ2v) is 4.17. The van der Waals surface area contributed by atoms with Crippen LogP contribution in [0, 0.1) is 5.41 Å². The molecule has 0 bridgehead atoms. The van der Waals surface area contributed by atoms with Crippen LogP contribution >= 0.6 is 0 Å². The topological polar surface area (TPSA) is 110 Å². The van der Waals surface area contributed by atoms with Crippen LogP contribution in [-0.2, 0) is 0 Å². The highest BCUT2D eigenvalue weighted by atomic mass is 16.3. The van der Waals surface area contributed by atoms with Crippen molar-refractivity contribution in [2.75, 3.05) is 13.1 Å². The average molecular weight is 210 g/mol. The molecule has 2 unspecified atom stereocenters. The Morgan fingerprint density at radius 3 is 3.27 bits per heavy atom. The van der Waals surface area contributed by atoms with E-state index in [1.54, 1.807) is 0 Å². The molecule has 2 saturated heterocycles. The van der Waals surface area contributed by atoms with E-state index in [1.807, 2.05) is 4.90 Å². The number of aliphatic hydroxyl groups is 1. The van der Waals surface area contributed by atoms with Crippen LogP contribution in [0.5, 0.6) is 0 Å². The lowest BCUT2D eigenvalue weighted by Crippen LogP contribution is -2.73. The summed E-state index contributed by atoms with van der Waals surface area (Å²) < 4.78 is 0. The minimum Gasteiger partial charge on any atom is -0.389 e. The molecular formula is C8H14N6O. The number of nitrogens with zero attached hydrogens (tertiary/aromatic N) is 2. The first-order valence-electron chi connectivity index (χ1n) is 5.04. The molecule has 7 nitrogen and oxygen atoms in total. The number of aliphatic hydroxyl groups excluding tert-OH is 1. The highest BCUT2D eigenvalue weighted by molar-refractivity contribution is 5.86. The fourth-order valence-corrected chi connectivity index (χ4v) is 2.76. The lowest BCUT2D eigenvalue weighted by atomic mass is 9.94. The molecule has 0 aromatic rings. The van der Waals surface area contributed by atoms with Crippen LogP contribution in [0.2, 0.25) is 0 Å². The summed E-state index contributed by atoms with van der Waals surface area (Å²) in [5.74, 6) is 0.683. The van der Waals surface area contributed by atoms with Crippen LogP contribution in [0.1, 0.15) is 6.42 Å². The first kappa shape index (κ1) is 8.78. The van der Waals surface area contributed by atoms with Gasteiger partial charge in [0.05, 0.1) is 6.10 Å². The SMILES string of the molecule is N=C1NCC2N=C(N)NC23[C@H](O)CCN13. The Hall–Kier alpha value is -1.50. The van der Waals surface area contributed by atoms with Gasteiger partial charge in [-0.25, -0.2) is 4.99 Å². The van der Waals surface area contributed by atoms with Gasteiger partial charge in [0, 0.05) is 13.1 Å². The number of nitrogens with two attached hydrogens (primary N) is 1. The van der Waals surface area contributed by atoms with E-state index >= 15 is 0 Å². The van der Waals surface area contributed by atoms with E-state index in [0.29, 0.717) is 31.4 Å². The standard InChI is InChI=1S/C8H14N6O/c9-6-12-4-3-11-7(10)14-2-1-5(15)8(4,14)13-6/h4-5,15H,1-3H2,(H2,10,11)(H3,9,12,13)/t4?,5-,8?/m1/s1. The third-order valence-corrected chi connectivity index (χ3v) is 3.44. The number of aliphatic imine (C=N–C) groups is 1. The van der Waals surface area contributed by atoms with Crippen LogP contribution in [0.15, 0.2) is 4.99 Å². The van der Waals surface area contributed by atoms with Crippen molar-refractivity contribution in [2.45, 2.75) is 24.2 Å². The van der Waals surface area contributed by atoms with Crippen LogP contribution in [0.3, 0.4) is 0 Å². The quantitative estimate of drug-likeness (QED) is 0.305. The maximum Gasteiger partial charge on any atom is 0.193 e. The zero-order valence-corrected chi connectivity index (χ0v) is 8.20. The first-order valence-corrected chi connectivity index (χ1v) is 5.04. The molecule has 7 heteroatoms. The number of nitrogens with one attached hydrogen (secondary N) is 3. The van der Waals surface area contributed by atoms with Gasteiger partial charge in [-0.1, -0.05) is 0 Å². The first-order chi connectivity index (χ1) is 7.14. The molecule has 3 aliphatic rings. The van der Waals surface area contributed by atoms with Crippen LogP contribution in [0.4, 0.5) is 0 Å². The Morgan fingerprint density at radius 2 is 2.47 bits per heavy atom. The molecule has 0 radical (unpaired) electrons. The van der Waals surface area contributed by atoms with Gasteiger partial charge in [0.15, 0.2) is 17.6 Å². The summed E-state index contributed by atoms with van der Waals surface area (Å²) in [7, 11) is 0. The summed E-state index contributed by atoms with van der Waals surface area (Å²) in [6.07, 6.45) is 0.103. The minimum absolute atomic E-state index is 0.121. The van der Waals surface area contributed by atoms with Gasteiger partial charge in [0.2, 0.25) is 0 Å². The molecule has 6 N–H and O–H groups in total. The molecule has 0 aliphatic carbocycles. The average Bonchev–Trinajstić information content (AvgIpc) is 2.68. The second-order valence-electron chi connectivity index (χ2n) is 4.17. The monoisotopic (exact) mass is 210 g/mol. The normalized spacial score (nSPS) is 42.9. The summed E-state index contributed by atoms with van der Waals surface area (Å²) in [6, 6.07) is -0.121. The smallest absolute Gasteiger partial charge is 0.193 e. The number of hydrogen-bond acceptors (Lipinski definition) is 5. The van der Waals surface area contributed by atoms with Gasteiger partial charge in [0.25, 0.3) is 0 Å². The summed E-state index contributed by atoms with van der Waals surface area (Å²) >= 11 is 0. The van der Waals surface area contributed by atoms with E-state index in [-0.39, 0.29) is 6.04 Å². The number of rotatable bonds is 0. The Bertz CT molecular complexity index is 355. The molecule has 0 amide bonds. The van der Waals surface area contributed by atoms with E-state index in [0.717, 1.165) is 0 Å². The van der Waals surface area contributed by atoms with E-state index in [9.17, 15) is 5.11 Å². The van der Waals surface area contributed by atoms with Crippen molar-refractivity contribution in [3.8, 4) is 0 Å². The summed E-state index contributed by atoms with van der Waals surface area (Å²) in [5.41, 5.74) is 4.98. The molecule has 0 aromatic heterocycles. The van der Waals surface area contributed by atoms with E-state index in [1.165, 1.54) is 0 Å². The molecule has 1 spiro atoms. The lowest BCUT2D eigenvalue weighted by molar-refractivity contribution is 0.0265. The third kappa shape index (κ3) is 0.883. The molecule has 2 fully saturated rings. The third-order valence-electron chi connectivity index (χ3n) is 3.44. The summed E-state index contributed by atoms with van der Waals surface area (Å²) in [4.78, 5) is 6.07. The van der Waals surface area contributed by atoms with Gasteiger partial charge in [-0.3, -0.25) is 5.41 Å². The maximum absolute atomic E-state index is 10.1. The molecule has 0 saturated carbocycles. The predicted molar refractivity (Wildman–Crippen MR) is 54.3 cm³/mol. The Labute approximate surface area is 86.9 Å². The van der Waals surface area contributed by atoms with Crippen molar-refractivity contribution in [3.05, 3.63) is 0 Å². The van der Waals surface area contributed by atoms with Crippen LogP contribution in [-0.4, -0.2) is 52.8 Å². The van der Waals surface area contributed by atoms with Crippen LogP contribution < -0.4 is 16.4 Å². The van der Waals surface area contributed by atoms with Gasteiger partial charge in [-0.05, 0) is 6.42 Å². The van der Waals surface area contributed by atoms with Gasteiger partial charge in [0.1, 0.15) is 6.04 Å². The molecule has 3 aliphatic heterocycles. The van der Waals surface area contributed by atoms with Crippen molar-refractivity contribution in [2.24, 2.45) is 10.7 Å². The second kappa shape index (κ2) is 2.54. The lowest BCUT2D eigenvalue weighted by Gasteiger charge is -2.45. The minimum atomic E-state index is -0.674. The van der Waals surface area contributed by atoms with Crippen molar-refractivity contribution in [1.29, 1.82) is 5.41 Å². The highest BCUT2D eigenvalue weighted by Gasteiger charge is 2.59. The Morgan fingerprint density at radius 1 is 1.67 bits per heavy atom. The number of hydrogen-bond donors (Lipinski definition) is 5. The highest BCUT2D eigenvalue weighted by Crippen LogP contribution is 2.36. The van der Waals surface area contributed by atoms with E-state index in [4.69, 9.17) is 11.1 Å². The van der Waals surface area contributed by atoms with Crippen molar-refractivity contribution in [3.63, 3.8) is 0 Å². The van der Waals surface area contributed by atoms with Gasteiger partial charge >= 0.3 is 0 Å². The predicted octanol–water partition coefficient (Wildman–Crippen LogP) is -2.43.